The number of halogens is 2. The summed E-state index contributed by atoms with van der Waals surface area (Å²) in [6, 6.07) is 0. The van der Waals surface area contributed by atoms with E-state index in [1.165, 1.54) is 6.92 Å². The minimum absolute atomic E-state index is 0.439. The third-order valence-corrected chi connectivity index (χ3v) is 1.93. The Bertz CT molecular complexity index is 310. The summed E-state index contributed by atoms with van der Waals surface area (Å²) < 4.78 is 8.41. The van der Waals surface area contributed by atoms with Gasteiger partial charge in [0.2, 0.25) is 4.33 Å². The summed E-state index contributed by atoms with van der Waals surface area (Å²) in [6.07, 6.45) is -0.598. The second-order valence-electron chi connectivity index (χ2n) is 2.84. The molecule has 0 saturated heterocycles. The molecule has 0 radical (unpaired) electrons. The van der Waals surface area contributed by atoms with Crippen LogP contribution in [0.2, 0.25) is 0 Å². The Morgan fingerprint density at radius 2 is 1.65 bits per heavy atom. The van der Waals surface area contributed by atoms with Gasteiger partial charge >= 0.3 is 19.5 Å². The van der Waals surface area contributed by atoms with Crippen molar-refractivity contribution < 1.29 is 34.2 Å². The molecule has 0 aliphatic heterocycles. The molecule has 0 aromatic heterocycles. The first-order valence-electron chi connectivity index (χ1n) is 3.94. The Kier molecular flexibility index (Phi) is 8.78. The molecular formula is C6H12Cl2NO7P. The fourth-order valence-electron chi connectivity index (χ4n) is 0.308. The fraction of sp³-hybridized carbons (Fsp3) is 0.667. The highest BCUT2D eigenvalue weighted by Crippen LogP contribution is 2.31. The lowest BCUT2D eigenvalue weighted by molar-refractivity contribution is -0.137. The van der Waals surface area contributed by atoms with Crippen LogP contribution in [0.25, 0.3) is 0 Å². The standard InChI is InChI=1S/C3H4Cl2O2.C3H8NO5P/c1-3(4,5)2(6)7;5-3(6)1-4-2-10(7,8)9/h1H3,(H,6,7);4H,1-2H2,(H,5,6)(H2,7,8,9). The van der Waals surface area contributed by atoms with Crippen molar-refractivity contribution in [3.05, 3.63) is 0 Å². The first kappa shape index (κ1) is 19.0. The average Bonchev–Trinajstić information content (AvgIpc) is 1.99. The summed E-state index contributed by atoms with van der Waals surface area (Å²) >= 11 is 10.1. The summed E-state index contributed by atoms with van der Waals surface area (Å²) in [5.74, 6) is -2.37. The van der Waals surface area contributed by atoms with E-state index >= 15 is 0 Å². The van der Waals surface area contributed by atoms with Gasteiger partial charge in [-0.2, -0.15) is 0 Å². The predicted molar refractivity (Wildman–Crippen MR) is 60.3 cm³/mol. The molecule has 0 fully saturated rings. The zero-order valence-corrected chi connectivity index (χ0v) is 11.0. The fourth-order valence-corrected chi connectivity index (χ4v) is 0.712. The van der Waals surface area contributed by atoms with Gasteiger partial charge in [-0.25, -0.2) is 4.79 Å². The molecule has 8 nitrogen and oxygen atoms in total. The molecule has 17 heavy (non-hydrogen) atoms. The molecule has 0 bridgehead atoms. The zero-order valence-electron chi connectivity index (χ0n) is 8.63. The molecule has 5 N–H and O–H groups in total. The van der Waals surface area contributed by atoms with E-state index in [9.17, 15) is 14.2 Å². The second-order valence-corrected chi connectivity index (χ2v) is 6.19. The molecule has 0 unspecified atom stereocenters. The Labute approximate surface area is 107 Å². The van der Waals surface area contributed by atoms with Crippen molar-refractivity contribution in [3.63, 3.8) is 0 Å². The second kappa shape index (κ2) is 7.86. The summed E-state index contributed by atoms with van der Waals surface area (Å²) in [5, 5.41) is 18.0. The van der Waals surface area contributed by atoms with Gasteiger partial charge in [0.1, 0.15) is 0 Å². The SMILES string of the molecule is CC(Cl)(Cl)C(=O)O.O=C(O)CNCP(=O)(O)O. The smallest absolute Gasteiger partial charge is 0.339 e. The predicted octanol–water partition coefficient (Wildman–Crippen LogP) is 0.0606. The maximum Gasteiger partial charge on any atom is 0.339 e. The number of rotatable bonds is 5. The van der Waals surface area contributed by atoms with Crippen LogP contribution >= 0.6 is 30.8 Å². The van der Waals surface area contributed by atoms with Gasteiger partial charge in [0, 0.05) is 0 Å². The first-order valence-corrected chi connectivity index (χ1v) is 6.50. The van der Waals surface area contributed by atoms with Crippen molar-refractivity contribution >= 4 is 42.7 Å². The van der Waals surface area contributed by atoms with Gasteiger partial charge in [0.05, 0.1) is 12.8 Å². The van der Waals surface area contributed by atoms with Crippen LogP contribution in [0, 0.1) is 0 Å². The van der Waals surface area contributed by atoms with E-state index in [1.54, 1.807) is 0 Å². The molecule has 0 aliphatic carbocycles. The minimum atomic E-state index is -4.10. The van der Waals surface area contributed by atoms with Crippen molar-refractivity contribution in [1.82, 2.24) is 5.32 Å². The summed E-state index contributed by atoms with van der Waals surface area (Å²) in [5.41, 5.74) is 0. The van der Waals surface area contributed by atoms with Gasteiger partial charge < -0.3 is 20.0 Å². The number of carboxylic acid groups (broad SMARTS) is 2. The maximum absolute atomic E-state index is 10.1. The lowest BCUT2D eigenvalue weighted by Crippen LogP contribution is -2.23. The molecule has 0 aromatic carbocycles. The maximum atomic E-state index is 10.1. The van der Waals surface area contributed by atoms with Crippen LogP contribution in [0.1, 0.15) is 6.92 Å². The summed E-state index contributed by atoms with van der Waals surface area (Å²) in [4.78, 5) is 35.9. The molecule has 0 aliphatic rings. The van der Waals surface area contributed by atoms with E-state index < -0.39 is 36.7 Å². The number of carbonyl (C=O) groups is 2. The van der Waals surface area contributed by atoms with Crippen LogP contribution in [-0.4, -0.2) is 49.1 Å². The molecule has 0 aromatic rings. The monoisotopic (exact) mass is 311 g/mol. The highest BCUT2D eigenvalue weighted by Gasteiger charge is 2.25. The molecule has 0 spiro atoms. The topological polar surface area (TPSA) is 144 Å². The Morgan fingerprint density at radius 3 is 1.82 bits per heavy atom. The van der Waals surface area contributed by atoms with Gasteiger partial charge in [0.15, 0.2) is 0 Å². The number of aliphatic carboxylic acids is 2. The molecule has 0 rings (SSSR count). The lowest BCUT2D eigenvalue weighted by Gasteiger charge is -2.02. The van der Waals surface area contributed by atoms with Crippen LogP contribution in [0.3, 0.4) is 0 Å². The Morgan fingerprint density at radius 1 is 1.29 bits per heavy atom. The van der Waals surface area contributed by atoms with Gasteiger partial charge in [-0.3, -0.25) is 14.7 Å². The van der Waals surface area contributed by atoms with Crippen molar-refractivity contribution in [1.29, 1.82) is 0 Å². The normalized spacial score (nSPS) is 11.4. The Balaban J connectivity index is 0. The van der Waals surface area contributed by atoms with E-state index in [2.05, 4.69) is 5.32 Å². The minimum Gasteiger partial charge on any atom is -0.480 e. The van der Waals surface area contributed by atoms with Crippen LogP contribution in [0.5, 0.6) is 0 Å². The van der Waals surface area contributed by atoms with E-state index in [4.69, 9.17) is 43.2 Å². The van der Waals surface area contributed by atoms with E-state index in [1.807, 2.05) is 0 Å². The third kappa shape index (κ3) is 18.2. The van der Waals surface area contributed by atoms with E-state index in [0.29, 0.717) is 0 Å². The number of nitrogens with one attached hydrogen (secondary N) is 1. The van der Waals surface area contributed by atoms with Crippen molar-refractivity contribution in [2.45, 2.75) is 11.3 Å². The van der Waals surface area contributed by atoms with Crippen molar-refractivity contribution in [2.75, 3.05) is 12.8 Å². The van der Waals surface area contributed by atoms with Crippen LogP contribution < -0.4 is 5.32 Å². The molecular weight excluding hydrogens is 300 g/mol. The number of hydrogen-bond acceptors (Lipinski definition) is 4. The molecule has 102 valence electrons. The first-order chi connectivity index (χ1) is 7.36. The van der Waals surface area contributed by atoms with Gasteiger partial charge in [-0.05, 0) is 6.92 Å². The van der Waals surface area contributed by atoms with E-state index in [-0.39, 0.29) is 0 Å². The number of carboxylic acids is 2. The highest BCUT2D eigenvalue weighted by molar-refractivity contribution is 7.51. The quantitative estimate of drug-likeness (QED) is 0.354. The number of hydrogen-bond donors (Lipinski definition) is 5. The van der Waals surface area contributed by atoms with Gasteiger partial charge in [0.25, 0.3) is 0 Å². The lowest BCUT2D eigenvalue weighted by atomic mass is 10.5. The molecule has 0 saturated carbocycles. The van der Waals surface area contributed by atoms with Crippen LogP contribution in [0.15, 0.2) is 0 Å². The largest absolute Gasteiger partial charge is 0.480 e. The Hall–Kier alpha value is -0.370. The van der Waals surface area contributed by atoms with Crippen LogP contribution in [0.4, 0.5) is 0 Å². The molecule has 0 amide bonds. The molecule has 0 atom stereocenters. The number of alkyl halides is 2. The summed E-state index contributed by atoms with van der Waals surface area (Å²) in [6.45, 7) is 0.754. The van der Waals surface area contributed by atoms with Crippen LogP contribution in [-0.2, 0) is 14.2 Å². The molecule has 11 heteroatoms. The van der Waals surface area contributed by atoms with Crippen molar-refractivity contribution in [2.24, 2.45) is 0 Å². The summed E-state index contributed by atoms with van der Waals surface area (Å²) in [7, 11) is -4.10. The molecule has 0 heterocycles. The third-order valence-electron chi connectivity index (χ3n) is 0.970. The van der Waals surface area contributed by atoms with Gasteiger partial charge in [-0.1, -0.05) is 23.2 Å². The van der Waals surface area contributed by atoms with Gasteiger partial charge in [-0.15, -0.1) is 0 Å². The highest BCUT2D eigenvalue weighted by atomic mass is 35.5. The zero-order chi connectivity index (χ0) is 14.3. The van der Waals surface area contributed by atoms with Crippen molar-refractivity contribution in [3.8, 4) is 0 Å². The average molecular weight is 312 g/mol. The van der Waals surface area contributed by atoms with E-state index in [0.717, 1.165) is 0 Å².